The molecule has 4 heteroatoms. The van der Waals surface area contributed by atoms with Crippen LogP contribution in [0.3, 0.4) is 0 Å². The van der Waals surface area contributed by atoms with Gasteiger partial charge in [-0.1, -0.05) is 0 Å². The van der Waals surface area contributed by atoms with E-state index in [1.807, 2.05) is 0 Å². The van der Waals surface area contributed by atoms with Gasteiger partial charge in [0.05, 0.1) is 12.1 Å². The van der Waals surface area contributed by atoms with Crippen molar-refractivity contribution in [3.8, 4) is 0 Å². The maximum Gasteiger partial charge on any atom is 0.234 e. The van der Waals surface area contributed by atoms with Crippen LogP contribution >= 0.6 is 0 Å². The second-order valence-electron chi connectivity index (χ2n) is 6.47. The second kappa shape index (κ2) is 5.36. The van der Waals surface area contributed by atoms with Gasteiger partial charge in [-0.3, -0.25) is 4.79 Å². The molecule has 1 aliphatic rings. The highest BCUT2D eigenvalue weighted by Crippen LogP contribution is 2.23. The molecule has 1 heterocycles. The second-order valence-corrected chi connectivity index (χ2v) is 6.47. The van der Waals surface area contributed by atoms with Gasteiger partial charge in [0.25, 0.3) is 0 Å². The number of nitrogens with one attached hydrogen (secondary N) is 2. The smallest absolute Gasteiger partial charge is 0.234 e. The summed E-state index contributed by atoms with van der Waals surface area (Å²) in [6.07, 6.45) is 1.79. The number of carbonyl (C=O) groups excluding carboxylic acids is 1. The molecular formula is C13H26N2O2. The molecule has 0 spiro atoms. The number of ether oxygens (including phenoxy) is 1. The van der Waals surface area contributed by atoms with Crippen LogP contribution < -0.4 is 10.6 Å². The SMILES string of the molecule is CC(C)(C)NCC(=O)NC1CCOC(C)(C)C1. The third-order valence-electron chi connectivity index (χ3n) is 2.84. The molecule has 1 atom stereocenters. The Kier molecular flexibility index (Phi) is 4.55. The summed E-state index contributed by atoms with van der Waals surface area (Å²) in [7, 11) is 0. The molecule has 0 aromatic carbocycles. The third kappa shape index (κ3) is 6.03. The van der Waals surface area contributed by atoms with Crippen molar-refractivity contribution in [2.75, 3.05) is 13.2 Å². The van der Waals surface area contributed by atoms with Crippen molar-refractivity contribution in [3.05, 3.63) is 0 Å². The van der Waals surface area contributed by atoms with Crippen molar-refractivity contribution in [2.24, 2.45) is 0 Å². The zero-order valence-electron chi connectivity index (χ0n) is 11.7. The highest BCUT2D eigenvalue weighted by molar-refractivity contribution is 5.78. The summed E-state index contributed by atoms with van der Waals surface area (Å²) >= 11 is 0. The van der Waals surface area contributed by atoms with Crippen molar-refractivity contribution >= 4 is 5.91 Å². The fourth-order valence-corrected chi connectivity index (χ4v) is 1.98. The fraction of sp³-hybridized carbons (Fsp3) is 0.923. The monoisotopic (exact) mass is 242 g/mol. The molecular weight excluding hydrogens is 216 g/mol. The number of amides is 1. The molecule has 0 aromatic rings. The minimum Gasteiger partial charge on any atom is -0.375 e. The lowest BCUT2D eigenvalue weighted by molar-refractivity contribution is -0.123. The van der Waals surface area contributed by atoms with Crippen molar-refractivity contribution in [2.45, 2.75) is 64.6 Å². The van der Waals surface area contributed by atoms with Gasteiger partial charge in [-0.25, -0.2) is 0 Å². The maximum atomic E-state index is 11.8. The average Bonchev–Trinajstić information content (AvgIpc) is 2.12. The fourth-order valence-electron chi connectivity index (χ4n) is 1.98. The first-order valence-corrected chi connectivity index (χ1v) is 6.36. The Hall–Kier alpha value is -0.610. The van der Waals surface area contributed by atoms with Gasteiger partial charge in [-0.15, -0.1) is 0 Å². The standard InChI is InChI=1S/C13H26N2O2/c1-12(2,3)14-9-11(16)15-10-6-7-17-13(4,5)8-10/h10,14H,6-9H2,1-5H3,(H,15,16). The van der Waals surface area contributed by atoms with Crippen LogP contribution in [0, 0.1) is 0 Å². The first kappa shape index (κ1) is 14.5. The van der Waals surface area contributed by atoms with Crippen molar-refractivity contribution < 1.29 is 9.53 Å². The van der Waals surface area contributed by atoms with E-state index in [2.05, 4.69) is 45.3 Å². The first-order chi connectivity index (χ1) is 7.68. The topological polar surface area (TPSA) is 50.4 Å². The van der Waals surface area contributed by atoms with Crippen LogP contribution in [0.25, 0.3) is 0 Å². The third-order valence-corrected chi connectivity index (χ3v) is 2.84. The summed E-state index contributed by atoms with van der Waals surface area (Å²) in [4.78, 5) is 11.8. The normalized spacial score (nSPS) is 24.4. The van der Waals surface area contributed by atoms with Gasteiger partial charge < -0.3 is 15.4 Å². The van der Waals surface area contributed by atoms with E-state index >= 15 is 0 Å². The number of hydrogen-bond donors (Lipinski definition) is 2. The largest absolute Gasteiger partial charge is 0.375 e. The van der Waals surface area contributed by atoms with Crippen LogP contribution in [0.4, 0.5) is 0 Å². The number of carbonyl (C=O) groups is 1. The molecule has 0 aromatic heterocycles. The lowest BCUT2D eigenvalue weighted by Gasteiger charge is -2.36. The Morgan fingerprint density at radius 3 is 2.59 bits per heavy atom. The van der Waals surface area contributed by atoms with Crippen molar-refractivity contribution in [1.29, 1.82) is 0 Å². The molecule has 0 bridgehead atoms. The summed E-state index contributed by atoms with van der Waals surface area (Å²) in [5.74, 6) is 0.0719. The minimum atomic E-state index is -0.117. The maximum absolute atomic E-state index is 11.8. The van der Waals surface area contributed by atoms with E-state index in [-0.39, 0.29) is 23.1 Å². The predicted octanol–water partition coefficient (Wildman–Crippen LogP) is 1.45. The summed E-state index contributed by atoms with van der Waals surface area (Å²) in [6, 6.07) is 0.244. The lowest BCUT2D eigenvalue weighted by atomic mass is 9.94. The summed E-state index contributed by atoms with van der Waals surface area (Å²) in [5.41, 5.74) is -0.139. The Morgan fingerprint density at radius 1 is 1.41 bits per heavy atom. The van der Waals surface area contributed by atoms with Crippen molar-refractivity contribution in [3.63, 3.8) is 0 Å². The van der Waals surface area contributed by atoms with Crippen LogP contribution in [0.15, 0.2) is 0 Å². The highest BCUT2D eigenvalue weighted by atomic mass is 16.5. The highest BCUT2D eigenvalue weighted by Gasteiger charge is 2.29. The molecule has 1 unspecified atom stereocenters. The van der Waals surface area contributed by atoms with E-state index in [0.717, 1.165) is 19.4 Å². The van der Waals surface area contributed by atoms with E-state index < -0.39 is 0 Å². The van der Waals surface area contributed by atoms with Gasteiger partial charge in [0, 0.05) is 18.2 Å². The van der Waals surface area contributed by atoms with E-state index in [0.29, 0.717) is 6.54 Å². The molecule has 100 valence electrons. The molecule has 1 rings (SSSR count). The summed E-state index contributed by atoms with van der Waals surface area (Å²) < 4.78 is 5.62. The molecule has 2 N–H and O–H groups in total. The molecule has 1 fully saturated rings. The van der Waals surface area contributed by atoms with Gasteiger partial charge in [0.2, 0.25) is 5.91 Å². The van der Waals surface area contributed by atoms with Crippen LogP contribution in [0.5, 0.6) is 0 Å². The van der Waals surface area contributed by atoms with Gasteiger partial charge >= 0.3 is 0 Å². The zero-order chi connectivity index (χ0) is 13.1. The Balaban J connectivity index is 2.31. The zero-order valence-corrected chi connectivity index (χ0v) is 11.7. The quantitative estimate of drug-likeness (QED) is 0.787. The van der Waals surface area contributed by atoms with Crippen molar-refractivity contribution in [1.82, 2.24) is 10.6 Å². The molecule has 0 saturated carbocycles. The van der Waals surface area contributed by atoms with E-state index in [4.69, 9.17) is 4.74 Å². The summed E-state index contributed by atoms with van der Waals surface area (Å²) in [6.45, 7) is 11.4. The van der Waals surface area contributed by atoms with Crippen LogP contribution in [0.1, 0.15) is 47.5 Å². The predicted molar refractivity (Wildman–Crippen MR) is 69.0 cm³/mol. The van der Waals surface area contributed by atoms with Crippen LogP contribution in [0.2, 0.25) is 0 Å². The Morgan fingerprint density at radius 2 is 2.06 bits per heavy atom. The van der Waals surface area contributed by atoms with Gasteiger partial charge in [0.15, 0.2) is 0 Å². The molecule has 4 nitrogen and oxygen atoms in total. The molecule has 1 aliphatic heterocycles. The van der Waals surface area contributed by atoms with Gasteiger partial charge in [-0.2, -0.15) is 0 Å². The summed E-state index contributed by atoms with van der Waals surface area (Å²) in [5, 5.41) is 6.25. The Bertz CT molecular complexity index is 269. The molecule has 1 amide bonds. The Labute approximate surface area is 104 Å². The lowest BCUT2D eigenvalue weighted by Crippen LogP contribution is -2.49. The van der Waals surface area contributed by atoms with Gasteiger partial charge in [-0.05, 0) is 47.5 Å². The number of hydrogen-bond acceptors (Lipinski definition) is 3. The molecule has 0 radical (unpaired) electrons. The molecule has 1 saturated heterocycles. The molecule has 0 aliphatic carbocycles. The van der Waals surface area contributed by atoms with E-state index in [1.165, 1.54) is 0 Å². The van der Waals surface area contributed by atoms with E-state index in [1.54, 1.807) is 0 Å². The van der Waals surface area contributed by atoms with E-state index in [9.17, 15) is 4.79 Å². The number of rotatable bonds is 3. The molecule has 17 heavy (non-hydrogen) atoms. The first-order valence-electron chi connectivity index (χ1n) is 6.36. The van der Waals surface area contributed by atoms with Crippen LogP contribution in [-0.2, 0) is 9.53 Å². The van der Waals surface area contributed by atoms with Crippen LogP contribution in [-0.4, -0.2) is 36.2 Å². The average molecular weight is 242 g/mol. The minimum absolute atomic E-state index is 0.0215. The van der Waals surface area contributed by atoms with Gasteiger partial charge in [0.1, 0.15) is 0 Å².